The number of benzene rings is 4. The minimum Gasteiger partial charge on any atom is -0.349 e. The average Bonchev–Trinajstić information content (AvgIpc) is 3.54. The van der Waals surface area contributed by atoms with Crippen LogP contribution >= 0.6 is 11.6 Å². The molecule has 0 saturated carbocycles. The summed E-state index contributed by atoms with van der Waals surface area (Å²) in [6.45, 7) is 0. The van der Waals surface area contributed by atoms with Gasteiger partial charge in [-0.2, -0.15) is 0 Å². The lowest BCUT2D eigenvalue weighted by molar-refractivity contribution is -0.127. The first-order valence-corrected chi connectivity index (χ1v) is 12.9. The number of fused-ring (bicyclic) bond motifs is 3. The molecule has 3 atom stereocenters. The molecule has 7 rings (SSSR count). The topological polar surface area (TPSA) is 80.8 Å². The first-order chi connectivity index (χ1) is 18.9. The highest BCUT2D eigenvalue weighted by molar-refractivity contribution is 6.37. The van der Waals surface area contributed by atoms with Crippen LogP contribution in [-0.4, -0.2) is 29.0 Å². The summed E-state index contributed by atoms with van der Waals surface area (Å²) in [5, 5.41) is 0.484. The molecule has 2 saturated heterocycles. The molecule has 0 bridgehead atoms. The smallest absolute Gasteiger partial charge is 0.241 e. The molecule has 4 aromatic carbocycles. The fourth-order valence-electron chi connectivity index (χ4n) is 6.16. The number of amides is 2. The molecular weight excluding hydrogens is 514 g/mol. The summed E-state index contributed by atoms with van der Waals surface area (Å²) < 4.78 is 6.30. The predicted molar refractivity (Wildman–Crippen MR) is 144 cm³/mol. The highest BCUT2D eigenvalue weighted by Gasteiger charge is 2.74. The summed E-state index contributed by atoms with van der Waals surface area (Å²) in [5.41, 5.74) is 1.14. The highest BCUT2D eigenvalue weighted by Crippen LogP contribution is 2.57. The van der Waals surface area contributed by atoms with E-state index in [2.05, 4.69) is 0 Å². The van der Waals surface area contributed by atoms with Crippen molar-refractivity contribution in [2.75, 3.05) is 4.90 Å². The van der Waals surface area contributed by atoms with Gasteiger partial charge in [-0.3, -0.25) is 19.2 Å². The maximum atomic E-state index is 14.1. The maximum Gasteiger partial charge on any atom is 0.241 e. The first-order valence-electron chi connectivity index (χ1n) is 12.6. The molecule has 3 aliphatic rings. The zero-order chi connectivity index (χ0) is 26.9. The van der Waals surface area contributed by atoms with Gasteiger partial charge >= 0.3 is 0 Å². The third-order valence-electron chi connectivity index (χ3n) is 7.95. The molecule has 3 unspecified atom stereocenters. The number of hydrogen-bond donors (Lipinski definition) is 0. The maximum absolute atomic E-state index is 14.1. The Hall–Kier alpha value is -4.39. The van der Waals surface area contributed by atoms with Crippen LogP contribution in [0.2, 0.25) is 5.02 Å². The van der Waals surface area contributed by atoms with E-state index in [9.17, 15) is 19.2 Å². The summed E-state index contributed by atoms with van der Waals surface area (Å²) >= 11 is 6.09. The van der Waals surface area contributed by atoms with Crippen molar-refractivity contribution < 1.29 is 23.9 Å². The molecule has 2 amide bonds. The van der Waals surface area contributed by atoms with Crippen molar-refractivity contribution in [2.45, 2.75) is 11.7 Å². The molecule has 7 heteroatoms. The van der Waals surface area contributed by atoms with Crippen LogP contribution in [0.25, 0.3) is 11.1 Å². The Morgan fingerprint density at radius 3 is 1.82 bits per heavy atom. The quantitative estimate of drug-likeness (QED) is 0.249. The van der Waals surface area contributed by atoms with Crippen molar-refractivity contribution >= 4 is 40.7 Å². The van der Waals surface area contributed by atoms with Crippen LogP contribution in [0.1, 0.15) is 32.4 Å². The van der Waals surface area contributed by atoms with E-state index < -0.39 is 46.9 Å². The number of halogens is 1. The van der Waals surface area contributed by atoms with Gasteiger partial charge in [0.15, 0.2) is 0 Å². The monoisotopic (exact) mass is 533 g/mol. The number of carbonyl (C=O) groups excluding carboxylic acids is 4. The van der Waals surface area contributed by atoms with E-state index in [1.165, 1.54) is 0 Å². The zero-order valence-corrected chi connectivity index (χ0v) is 21.2. The molecule has 6 nitrogen and oxygen atoms in total. The van der Waals surface area contributed by atoms with E-state index in [1.807, 2.05) is 42.5 Å². The second-order valence-corrected chi connectivity index (χ2v) is 10.4. The number of ether oxygens (including phenoxy) is 1. The molecule has 0 N–H and O–H groups in total. The highest BCUT2D eigenvalue weighted by atomic mass is 35.5. The van der Waals surface area contributed by atoms with Crippen molar-refractivity contribution in [1.82, 2.24) is 0 Å². The van der Waals surface area contributed by atoms with Gasteiger partial charge in [-0.15, -0.1) is 0 Å². The van der Waals surface area contributed by atoms with Gasteiger partial charge in [-0.05, 0) is 41.0 Å². The lowest BCUT2D eigenvalue weighted by Crippen LogP contribution is -2.51. The summed E-state index contributed by atoms with van der Waals surface area (Å²) in [6, 6.07) is 29.9. The van der Waals surface area contributed by atoms with E-state index in [-0.39, 0.29) is 11.1 Å². The average molecular weight is 534 g/mol. The molecule has 2 aliphatic heterocycles. The van der Waals surface area contributed by atoms with Crippen LogP contribution in [-0.2, 0) is 14.3 Å². The number of anilines is 1. The number of Topliss-reactive ketones (excluding diaryl/α,β-unsaturated/α-hetero) is 2. The molecule has 190 valence electrons. The predicted octanol–water partition coefficient (Wildman–Crippen LogP) is 5.70. The van der Waals surface area contributed by atoms with E-state index in [0.717, 1.165) is 16.0 Å². The Labute approximate surface area is 228 Å². The van der Waals surface area contributed by atoms with E-state index in [0.29, 0.717) is 16.3 Å². The molecule has 1 aliphatic carbocycles. The van der Waals surface area contributed by atoms with Gasteiger partial charge in [0.2, 0.25) is 29.0 Å². The van der Waals surface area contributed by atoms with Crippen molar-refractivity contribution in [2.24, 2.45) is 11.8 Å². The van der Waals surface area contributed by atoms with Gasteiger partial charge in [-0.1, -0.05) is 90.5 Å². The SMILES string of the molecule is O=C1C2C(c3ccc(Cl)cc3)OC3(C(=O)c4ccccc4C3=O)C2C(=O)N1c1ccc(-c2ccccc2)cc1. The molecule has 2 heterocycles. The fourth-order valence-corrected chi connectivity index (χ4v) is 6.28. The Morgan fingerprint density at radius 2 is 1.21 bits per heavy atom. The lowest BCUT2D eigenvalue weighted by atomic mass is 9.77. The Bertz CT molecular complexity index is 1650. The van der Waals surface area contributed by atoms with Crippen molar-refractivity contribution in [3.05, 3.63) is 125 Å². The number of imide groups is 1. The Kier molecular flexibility index (Phi) is 5.20. The zero-order valence-electron chi connectivity index (χ0n) is 20.4. The number of carbonyl (C=O) groups is 4. The number of rotatable bonds is 3. The summed E-state index contributed by atoms with van der Waals surface area (Å²) in [7, 11) is 0. The first kappa shape index (κ1) is 23.7. The molecular formula is C32H20ClNO5. The third kappa shape index (κ3) is 3.25. The van der Waals surface area contributed by atoms with Gasteiger partial charge < -0.3 is 4.74 Å². The van der Waals surface area contributed by atoms with Gasteiger partial charge in [-0.25, -0.2) is 4.90 Å². The number of nitrogens with zero attached hydrogens (tertiary/aromatic N) is 1. The van der Waals surface area contributed by atoms with E-state index in [4.69, 9.17) is 16.3 Å². The third-order valence-corrected chi connectivity index (χ3v) is 8.20. The molecule has 39 heavy (non-hydrogen) atoms. The lowest BCUT2D eigenvalue weighted by Gasteiger charge is -2.27. The van der Waals surface area contributed by atoms with Crippen molar-refractivity contribution in [1.29, 1.82) is 0 Å². The number of ketones is 2. The summed E-state index contributed by atoms with van der Waals surface area (Å²) in [5.74, 6) is -4.66. The summed E-state index contributed by atoms with van der Waals surface area (Å²) in [4.78, 5) is 56.9. The summed E-state index contributed by atoms with van der Waals surface area (Å²) in [6.07, 6.45) is -0.987. The van der Waals surface area contributed by atoms with Crippen molar-refractivity contribution in [3.8, 4) is 11.1 Å². The van der Waals surface area contributed by atoms with Crippen LogP contribution < -0.4 is 4.90 Å². The second-order valence-electron chi connectivity index (χ2n) is 9.96. The van der Waals surface area contributed by atoms with Crippen LogP contribution in [0, 0.1) is 11.8 Å². The standard InChI is InChI=1S/C32H20ClNO5/c33-21-14-10-20(11-15-21)27-25-26(32(39-27)28(35)23-8-4-5-9-24(23)29(32)36)31(38)34(30(25)37)22-16-12-19(13-17-22)18-6-2-1-3-7-18/h1-17,25-27H. The molecule has 0 radical (unpaired) electrons. The Morgan fingerprint density at radius 1 is 0.641 bits per heavy atom. The minimum absolute atomic E-state index is 0.198. The van der Waals surface area contributed by atoms with Crippen LogP contribution in [0.3, 0.4) is 0 Å². The molecule has 2 fully saturated rings. The van der Waals surface area contributed by atoms with Gasteiger partial charge in [0.25, 0.3) is 0 Å². The van der Waals surface area contributed by atoms with Crippen LogP contribution in [0.15, 0.2) is 103 Å². The van der Waals surface area contributed by atoms with Crippen LogP contribution in [0.5, 0.6) is 0 Å². The van der Waals surface area contributed by atoms with Crippen molar-refractivity contribution in [3.63, 3.8) is 0 Å². The van der Waals surface area contributed by atoms with E-state index in [1.54, 1.807) is 60.7 Å². The molecule has 1 spiro atoms. The van der Waals surface area contributed by atoms with Crippen LogP contribution in [0.4, 0.5) is 5.69 Å². The van der Waals surface area contributed by atoms with Gasteiger partial charge in [0.1, 0.15) is 0 Å². The van der Waals surface area contributed by atoms with E-state index >= 15 is 0 Å². The minimum atomic E-state index is -2.11. The molecule has 4 aromatic rings. The van der Waals surface area contributed by atoms with Gasteiger partial charge in [0, 0.05) is 16.1 Å². The second kappa shape index (κ2) is 8.56. The normalized spacial score (nSPS) is 23.0. The Balaban J connectivity index is 1.34. The number of hydrogen-bond acceptors (Lipinski definition) is 5. The van der Waals surface area contributed by atoms with Gasteiger partial charge in [0.05, 0.1) is 23.6 Å². The fraction of sp³-hybridized carbons (Fsp3) is 0.125. The largest absolute Gasteiger partial charge is 0.349 e. The molecule has 0 aromatic heterocycles.